The molecule has 1 fully saturated rings. The molecule has 3 nitrogen and oxygen atoms in total. The highest BCUT2D eigenvalue weighted by Crippen LogP contribution is 2.28. The van der Waals surface area contributed by atoms with Gasteiger partial charge in [0.2, 0.25) is 0 Å². The van der Waals surface area contributed by atoms with Crippen molar-refractivity contribution in [3.05, 3.63) is 22.6 Å². The van der Waals surface area contributed by atoms with Crippen LogP contribution in [-0.4, -0.2) is 17.6 Å². The van der Waals surface area contributed by atoms with Crippen molar-refractivity contribution >= 4 is 21.7 Å². The molecular formula is C13H19BrFN3. The zero-order valence-corrected chi connectivity index (χ0v) is 11.9. The van der Waals surface area contributed by atoms with Crippen LogP contribution in [0.1, 0.15) is 32.1 Å². The number of pyridine rings is 1. The van der Waals surface area contributed by atoms with Crippen molar-refractivity contribution < 1.29 is 4.39 Å². The molecule has 1 heterocycles. The molecule has 1 aliphatic carbocycles. The lowest BCUT2D eigenvalue weighted by molar-refractivity contribution is 0.319. The number of aromatic nitrogens is 1. The van der Waals surface area contributed by atoms with E-state index in [-0.39, 0.29) is 11.9 Å². The summed E-state index contributed by atoms with van der Waals surface area (Å²) in [4.78, 5) is 4.07. The predicted molar refractivity (Wildman–Crippen MR) is 74.9 cm³/mol. The highest BCUT2D eigenvalue weighted by Gasteiger charge is 2.23. The lowest BCUT2D eigenvalue weighted by atomic mass is 9.84. The second-order valence-corrected chi connectivity index (χ2v) is 5.78. The fourth-order valence-corrected chi connectivity index (χ4v) is 2.91. The second-order valence-electron chi connectivity index (χ2n) is 4.87. The molecule has 0 aromatic carbocycles. The van der Waals surface area contributed by atoms with Crippen LogP contribution in [-0.2, 0) is 0 Å². The molecule has 0 aliphatic heterocycles. The van der Waals surface area contributed by atoms with Crippen LogP contribution in [0.25, 0.3) is 0 Å². The van der Waals surface area contributed by atoms with Gasteiger partial charge in [-0.15, -0.1) is 0 Å². The van der Waals surface area contributed by atoms with Crippen molar-refractivity contribution in [2.75, 3.05) is 11.9 Å². The van der Waals surface area contributed by atoms with E-state index in [0.717, 1.165) is 0 Å². The fraction of sp³-hybridized carbons (Fsp3) is 0.615. The lowest BCUT2D eigenvalue weighted by Gasteiger charge is -2.30. The van der Waals surface area contributed by atoms with Gasteiger partial charge in [0.1, 0.15) is 0 Å². The van der Waals surface area contributed by atoms with Gasteiger partial charge in [0.05, 0.1) is 0 Å². The number of nitrogens with two attached hydrogens (primary N) is 1. The van der Waals surface area contributed by atoms with Crippen molar-refractivity contribution in [1.29, 1.82) is 0 Å². The van der Waals surface area contributed by atoms with Gasteiger partial charge in [0, 0.05) is 23.3 Å². The third-order valence-electron chi connectivity index (χ3n) is 3.60. The molecule has 100 valence electrons. The van der Waals surface area contributed by atoms with E-state index < -0.39 is 0 Å². The van der Waals surface area contributed by atoms with E-state index in [1.165, 1.54) is 38.2 Å². The summed E-state index contributed by atoms with van der Waals surface area (Å²) in [6.07, 6.45) is 7.75. The molecular weight excluding hydrogens is 297 g/mol. The van der Waals surface area contributed by atoms with Crippen molar-refractivity contribution in [2.24, 2.45) is 11.7 Å². The van der Waals surface area contributed by atoms with Crippen LogP contribution in [0.5, 0.6) is 0 Å². The van der Waals surface area contributed by atoms with E-state index in [0.29, 0.717) is 22.8 Å². The number of halogens is 2. The monoisotopic (exact) mass is 315 g/mol. The number of rotatable bonds is 4. The molecule has 5 heteroatoms. The van der Waals surface area contributed by atoms with Crippen LogP contribution in [0.15, 0.2) is 16.7 Å². The summed E-state index contributed by atoms with van der Waals surface area (Å²) in [6.45, 7) is 0.516. The smallest absolute Gasteiger partial charge is 0.166 e. The number of hydrogen-bond donors (Lipinski definition) is 2. The topological polar surface area (TPSA) is 50.9 Å². The molecule has 1 aliphatic rings. The molecule has 18 heavy (non-hydrogen) atoms. The molecule has 1 unspecified atom stereocenters. The quantitative estimate of drug-likeness (QED) is 0.896. The molecule has 1 aromatic rings. The van der Waals surface area contributed by atoms with Crippen molar-refractivity contribution in [3.8, 4) is 0 Å². The molecule has 0 bridgehead atoms. The predicted octanol–water partition coefficient (Wildman–Crippen LogP) is 3.30. The zero-order chi connectivity index (χ0) is 13.0. The van der Waals surface area contributed by atoms with Crippen molar-refractivity contribution in [1.82, 2.24) is 4.98 Å². The van der Waals surface area contributed by atoms with Crippen LogP contribution >= 0.6 is 15.9 Å². The molecule has 0 spiro atoms. The van der Waals surface area contributed by atoms with Crippen LogP contribution in [0.2, 0.25) is 0 Å². The Kier molecular flexibility index (Phi) is 4.95. The van der Waals surface area contributed by atoms with Gasteiger partial charge in [-0.2, -0.15) is 0 Å². The van der Waals surface area contributed by atoms with Gasteiger partial charge in [-0.3, -0.25) is 0 Å². The molecule has 2 rings (SSSR count). The number of nitrogens with one attached hydrogen (secondary N) is 1. The Hall–Kier alpha value is -0.680. The van der Waals surface area contributed by atoms with E-state index in [9.17, 15) is 4.39 Å². The van der Waals surface area contributed by atoms with Crippen molar-refractivity contribution in [3.63, 3.8) is 0 Å². The number of hydrogen-bond acceptors (Lipinski definition) is 3. The molecule has 3 N–H and O–H groups in total. The Bertz CT molecular complexity index is 394. The van der Waals surface area contributed by atoms with E-state index in [2.05, 4.69) is 26.2 Å². The van der Waals surface area contributed by atoms with Crippen LogP contribution in [0, 0.1) is 11.7 Å². The molecule has 1 aromatic heterocycles. The van der Waals surface area contributed by atoms with Crippen LogP contribution in [0.4, 0.5) is 10.2 Å². The van der Waals surface area contributed by atoms with Gasteiger partial charge in [-0.1, -0.05) is 19.3 Å². The third kappa shape index (κ3) is 3.42. The Balaban J connectivity index is 2.04. The minimum atomic E-state index is -0.335. The first kappa shape index (κ1) is 13.7. The van der Waals surface area contributed by atoms with E-state index >= 15 is 0 Å². The van der Waals surface area contributed by atoms with Gasteiger partial charge in [-0.05, 0) is 40.8 Å². The zero-order valence-electron chi connectivity index (χ0n) is 10.3. The van der Waals surface area contributed by atoms with E-state index in [4.69, 9.17) is 5.73 Å². The molecule has 0 amide bonds. The summed E-state index contributed by atoms with van der Waals surface area (Å²) in [6, 6.07) is 1.54. The summed E-state index contributed by atoms with van der Waals surface area (Å²) < 4.78 is 14.4. The largest absolute Gasteiger partial charge is 0.363 e. The molecule has 0 saturated heterocycles. The van der Waals surface area contributed by atoms with Gasteiger partial charge >= 0.3 is 0 Å². The average Bonchev–Trinajstić information content (AvgIpc) is 2.39. The highest BCUT2D eigenvalue weighted by atomic mass is 79.9. The minimum absolute atomic E-state index is 0.119. The Morgan fingerprint density at radius 1 is 1.44 bits per heavy atom. The summed E-state index contributed by atoms with van der Waals surface area (Å²) in [7, 11) is 0. The first-order chi connectivity index (χ1) is 8.70. The molecule has 0 radical (unpaired) electrons. The normalized spacial score (nSPS) is 18.6. The SMILES string of the molecule is NCC(Nc1ncc(Br)cc1F)C1CCCCC1. The fourth-order valence-electron chi connectivity index (χ4n) is 2.60. The summed E-state index contributed by atoms with van der Waals surface area (Å²) in [5.74, 6) is 0.506. The van der Waals surface area contributed by atoms with Gasteiger partial charge in [0.15, 0.2) is 11.6 Å². The van der Waals surface area contributed by atoms with E-state index in [1.807, 2.05) is 0 Å². The number of nitrogens with zero attached hydrogens (tertiary/aromatic N) is 1. The molecule has 1 atom stereocenters. The van der Waals surface area contributed by atoms with E-state index in [1.54, 1.807) is 6.20 Å². The lowest BCUT2D eigenvalue weighted by Crippen LogP contribution is -2.37. The Labute approximate surface area is 115 Å². The highest BCUT2D eigenvalue weighted by molar-refractivity contribution is 9.10. The first-order valence-corrected chi connectivity index (χ1v) is 7.27. The first-order valence-electron chi connectivity index (χ1n) is 6.48. The molecule has 1 saturated carbocycles. The summed E-state index contributed by atoms with van der Waals surface area (Å²) in [5.41, 5.74) is 5.81. The van der Waals surface area contributed by atoms with Gasteiger partial charge in [0.25, 0.3) is 0 Å². The Morgan fingerprint density at radius 2 is 2.17 bits per heavy atom. The van der Waals surface area contributed by atoms with Crippen LogP contribution in [0.3, 0.4) is 0 Å². The minimum Gasteiger partial charge on any atom is -0.363 e. The van der Waals surface area contributed by atoms with Gasteiger partial charge in [-0.25, -0.2) is 9.37 Å². The third-order valence-corrected chi connectivity index (χ3v) is 4.04. The number of anilines is 1. The summed E-state index contributed by atoms with van der Waals surface area (Å²) in [5, 5.41) is 3.16. The maximum atomic E-state index is 13.7. The summed E-state index contributed by atoms with van der Waals surface area (Å²) >= 11 is 3.20. The van der Waals surface area contributed by atoms with Crippen LogP contribution < -0.4 is 11.1 Å². The van der Waals surface area contributed by atoms with Gasteiger partial charge < -0.3 is 11.1 Å². The Morgan fingerprint density at radius 3 is 2.78 bits per heavy atom. The second kappa shape index (κ2) is 6.48. The standard InChI is InChI=1S/C13H19BrFN3/c14-10-6-11(15)13(17-8-10)18-12(7-16)9-4-2-1-3-5-9/h6,8-9,12H,1-5,7,16H2,(H,17,18). The maximum absolute atomic E-state index is 13.7. The maximum Gasteiger partial charge on any atom is 0.166 e. The van der Waals surface area contributed by atoms with Crippen molar-refractivity contribution in [2.45, 2.75) is 38.1 Å². The average molecular weight is 316 g/mol.